The fourth-order valence-corrected chi connectivity index (χ4v) is 1.68. The summed E-state index contributed by atoms with van der Waals surface area (Å²) in [6.07, 6.45) is 0. The number of carboxylic acid groups (broad SMARTS) is 1. The predicted octanol–water partition coefficient (Wildman–Crippen LogP) is 1.26. The first kappa shape index (κ1) is 15.0. The first-order valence-electron chi connectivity index (χ1n) is 5.94. The van der Waals surface area contributed by atoms with Crippen LogP contribution in [-0.2, 0) is 4.79 Å². The number of hydrogen-bond donors (Lipinski definition) is 4. The third-order valence-corrected chi connectivity index (χ3v) is 2.90. The van der Waals surface area contributed by atoms with Crippen LogP contribution < -0.4 is 11.1 Å². The molecule has 1 aromatic carbocycles. The summed E-state index contributed by atoms with van der Waals surface area (Å²) in [5.74, 6) is -1.99. The van der Waals surface area contributed by atoms with Crippen molar-refractivity contribution in [2.45, 2.75) is 13.8 Å². The molecule has 1 atom stereocenters. The zero-order valence-electron chi connectivity index (χ0n) is 10.9. The average Bonchev–Trinajstić information content (AvgIpc) is 2.31. The molecule has 6 nitrogen and oxygen atoms in total. The van der Waals surface area contributed by atoms with E-state index in [2.05, 4.69) is 5.32 Å². The maximum absolute atomic E-state index is 12.0. The Morgan fingerprint density at radius 1 is 1.37 bits per heavy atom. The Kier molecular flexibility index (Phi) is 4.88. The molecule has 0 aliphatic carbocycles. The molecule has 19 heavy (non-hydrogen) atoms. The van der Waals surface area contributed by atoms with Crippen molar-refractivity contribution >= 4 is 17.6 Å². The Morgan fingerprint density at radius 3 is 2.47 bits per heavy atom. The van der Waals surface area contributed by atoms with Gasteiger partial charge >= 0.3 is 5.97 Å². The number of anilines is 1. The van der Waals surface area contributed by atoms with Crippen LogP contribution in [-0.4, -0.2) is 28.6 Å². The van der Waals surface area contributed by atoms with Crippen LogP contribution in [0, 0.1) is 11.8 Å². The van der Waals surface area contributed by atoms with Crippen molar-refractivity contribution in [2.24, 2.45) is 17.6 Å². The van der Waals surface area contributed by atoms with Gasteiger partial charge in [-0.15, -0.1) is 0 Å². The van der Waals surface area contributed by atoms with Gasteiger partial charge in [0.25, 0.3) is 0 Å². The number of benzene rings is 1. The van der Waals surface area contributed by atoms with Gasteiger partial charge in [0.15, 0.2) is 0 Å². The molecule has 1 unspecified atom stereocenters. The lowest BCUT2D eigenvalue weighted by molar-refractivity contribution is -0.120. The van der Waals surface area contributed by atoms with Crippen LogP contribution >= 0.6 is 0 Å². The number of amides is 1. The summed E-state index contributed by atoms with van der Waals surface area (Å²) in [4.78, 5) is 22.8. The Morgan fingerprint density at radius 2 is 2.00 bits per heavy atom. The highest BCUT2D eigenvalue weighted by Gasteiger charge is 2.21. The van der Waals surface area contributed by atoms with Gasteiger partial charge in [-0.05, 0) is 24.1 Å². The second-order valence-electron chi connectivity index (χ2n) is 4.61. The van der Waals surface area contributed by atoms with Crippen LogP contribution in [0.15, 0.2) is 18.2 Å². The first-order chi connectivity index (χ1) is 8.86. The summed E-state index contributed by atoms with van der Waals surface area (Å²) in [5.41, 5.74) is 5.59. The summed E-state index contributed by atoms with van der Waals surface area (Å²) in [7, 11) is 0. The Hall–Kier alpha value is -2.08. The second kappa shape index (κ2) is 6.19. The van der Waals surface area contributed by atoms with E-state index in [0.717, 1.165) is 0 Å². The molecule has 0 aliphatic rings. The summed E-state index contributed by atoms with van der Waals surface area (Å²) in [6.45, 7) is 3.91. The first-order valence-corrected chi connectivity index (χ1v) is 5.94. The zero-order valence-corrected chi connectivity index (χ0v) is 10.9. The lowest BCUT2D eigenvalue weighted by atomic mass is 9.95. The molecular formula is C13H18N2O4. The molecule has 0 fully saturated rings. The van der Waals surface area contributed by atoms with E-state index >= 15 is 0 Å². The normalized spacial score (nSPS) is 12.2. The van der Waals surface area contributed by atoms with Gasteiger partial charge in [-0.2, -0.15) is 0 Å². The number of carboxylic acids is 1. The van der Waals surface area contributed by atoms with Gasteiger partial charge in [-0.25, -0.2) is 4.79 Å². The van der Waals surface area contributed by atoms with Crippen LogP contribution in [0.1, 0.15) is 24.2 Å². The van der Waals surface area contributed by atoms with Crippen molar-refractivity contribution < 1.29 is 19.8 Å². The highest BCUT2D eigenvalue weighted by molar-refractivity contribution is 5.96. The quantitative estimate of drug-likeness (QED) is 0.599. The molecule has 0 aliphatic heterocycles. The van der Waals surface area contributed by atoms with E-state index < -0.39 is 11.9 Å². The van der Waals surface area contributed by atoms with Crippen LogP contribution in [0.2, 0.25) is 0 Å². The van der Waals surface area contributed by atoms with E-state index in [0.29, 0.717) is 0 Å². The van der Waals surface area contributed by atoms with E-state index in [9.17, 15) is 14.7 Å². The highest BCUT2D eigenvalue weighted by Crippen LogP contribution is 2.25. The van der Waals surface area contributed by atoms with E-state index in [4.69, 9.17) is 10.8 Å². The van der Waals surface area contributed by atoms with Gasteiger partial charge in [0.1, 0.15) is 5.75 Å². The van der Waals surface area contributed by atoms with Crippen molar-refractivity contribution in [3.63, 3.8) is 0 Å². The molecule has 1 rings (SSSR count). The standard InChI is InChI=1S/C13H18N2O4/c1-7(2)9(6-14)12(17)15-10-5-8(13(18)19)3-4-11(10)16/h3-5,7,9,16H,6,14H2,1-2H3,(H,15,17)(H,18,19). The fraction of sp³-hybridized carbons (Fsp3) is 0.385. The van der Waals surface area contributed by atoms with Crippen LogP contribution in [0.5, 0.6) is 5.75 Å². The summed E-state index contributed by atoms with van der Waals surface area (Å²) < 4.78 is 0. The van der Waals surface area contributed by atoms with Gasteiger partial charge < -0.3 is 21.3 Å². The molecule has 0 bridgehead atoms. The van der Waals surface area contributed by atoms with Gasteiger partial charge in [0.05, 0.1) is 17.2 Å². The van der Waals surface area contributed by atoms with Crippen LogP contribution in [0.25, 0.3) is 0 Å². The number of nitrogens with one attached hydrogen (secondary N) is 1. The molecule has 0 saturated carbocycles. The maximum atomic E-state index is 12.0. The number of phenolic OH excluding ortho intramolecular Hbond substituents is 1. The van der Waals surface area contributed by atoms with Crippen molar-refractivity contribution in [2.75, 3.05) is 11.9 Å². The molecule has 1 aromatic rings. The lowest BCUT2D eigenvalue weighted by Gasteiger charge is -2.18. The largest absolute Gasteiger partial charge is 0.506 e. The summed E-state index contributed by atoms with van der Waals surface area (Å²) in [5, 5.41) is 21.0. The average molecular weight is 266 g/mol. The molecular weight excluding hydrogens is 248 g/mol. The maximum Gasteiger partial charge on any atom is 0.335 e. The van der Waals surface area contributed by atoms with Crippen LogP contribution in [0.3, 0.4) is 0 Å². The molecule has 0 radical (unpaired) electrons. The molecule has 0 saturated heterocycles. The zero-order chi connectivity index (χ0) is 14.6. The number of carbonyl (C=O) groups excluding carboxylic acids is 1. The topological polar surface area (TPSA) is 113 Å². The number of phenols is 1. The van der Waals surface area contributed by atoms with E-state index in [1.165, 1.54) is 18.2 Å². The van der Waals surface area contributed by atoms with E-state index in [-0.39, 0.29) is 35.4 Å². The number of hydrogen-bond acceptors (Lipinski definition) is 4. The third kappa shape index (κ3) is 3.69. The van der Waals surface area contributed by atoms with Crippen molar-refractivity contribution in [1.82, 2.24) is 0 Å². The molecule has 0 aromatic heterocycles. The molecule has 5 N–H and O–H groups in total. The van der Waals surface area contributed by atoms with Crippen LogP contribution in [0.4, 0.5) is 5.69 Å². The number of rotatable bonds is 5. The highest BCUT2D eigenvalue weighted by atomic mass is 16.4. The summed E-state index contributed by atoms with van der Waals surface area (Å²) in [6, 6.07) is 3.70. The Bertz CT molecular complexity index is 486. The van der Waals surface area contributed by atoms with Crippen molar-refractivity contribution in [3.8, 4) is 5.75 Å². The van der Waals surface area contributed by atoms with Crippen molar-refractivity contribution in [1.29, 1.82) is 0 Å². The minimum atomic E-state index is -1.13. The van der Waals surface area contributed by atoms with Gasteiger partial charge in [-0.1, -0.05) is 13.8 Å². The SMILES string of the molecule is CC(C)C(CN)C(=O)Nc1cc(C(=O)O)ccc1O. The molecule has 1 amide bonds. The smallest absolute Gasteiger partial charge is 0.335 e. The Balaban J connectivity index is 2.95. The number of aromatic carboxylic acids is 1. The Labute approximate surface area is 111 Å². The number of aromatic hydroxyl groups is 1. The van der Waals surface area contributed by atoms with Gasteiger partial charge in [-0.3, -0.25) is 4.79 Å². The van der Waals surface area contributed by atoms with Crippen molar-refractivity contribution in [3.05, 3.63) is 23.8 Å². The minimum absolute atomic E-state index is 0.0121. The number of carbonyl (C=O) groups is 2. The van der Waals surface area contributed by atoms with Gasteiger partial charge in [0.2, 0.25) is 5.91 Å². The predicted molar refractivity (Wildman–Crippen MR) is 71.1 cm³/mol. The lowest BCUT2D eigenvalue weighted by Crippen LogP contribution is -2.33. The monoisotopic (exact) mass is 266 g/mol. The fourth-order valence-electron chi connectivity index (χ4n) is 1.68. The third-order valence-electron chi connectivity index (χ3n) is 2.90. The molecule has 6 heteroatoms. The molecule has 0 heterocycles. The summed E-state index contributed by atoms with van der Waals surface area (Å²) >= 11 is 0. The second-order valence-corrected chi connectivity index (χ2v) is 4.61. The van der Waals surface area contributed by atoms with Gasteiger partial charge in [0, 0.05) is 6.54 Å². The number of nitrogens with two attached hydrogens (primary N) is 1. The molecule has 104 valence electrons. The van der Waals surface area contributed by atoms with E-state index in [1.54, 1.807) is 0 Å². The molecule has 0 spiro atoms. The minimum Gasteiger partial charge on any atom is -0.506 e. The van der Waals surface area contributed by atoms with E-state index in [1.807, 2.05) is 13.8 Å².